The number of benzene rings is 2. The van der Waals surface area contributed by atoms with E-state index in [1.807, 2.05) is 12.1 Å². The molecule has 5 rings (SSSR count). The van der Waals surface area contributed by atoms with Gasteiger partial charge in [-0.15, -0.1) is 0 Å². The highest BCUT2D eigenvalue weighted by atomic mass is 15.2. The lowest BCUT2D eigenvalue weighted by Crippen LogP contribution is -2.44. The van der Waals surface area contributed by atoms with Crippen LogP contribution < -0.4 is 10.2 Å². The van der Waals surface area contributed by atoms with Crippen molar-refractivity contribution in [2.24, 2.45) is 0 Å². The van der Waals surface area contributed by atoms with Crippen molar-refractivity contribution in [2.75, 3.05) is 25.0 Å². The maximum absolute atomic E-state index is 9.23. The van der Waals surface area contributed by atoms with Crippen molar-refractivity contribution in [3.05, 3.63) is 84.1 Å². The van der Waals surface area contributed by atoms with Gasteiger partial charge in [-0.05, 0) is 68.3 Å². The summed E-state index contributed by atoms with van der Waals surface area (Å²) in [5.74, 6) is 0. The van der Waals surface area contributed by atoms with Gasteiger partial charge >= 0.3 is 0 Å². The van der Waals surface area contributed by atoms with Crippen molar-refractivity contribution in [3.8, 4) is 28.5 Å². The number of fused-ring (bicyclic) bond motifs is 1. The van der Waals surface area contributed by atoms with Crippen LogP contribution >= 0.6 is 0 Å². The summed E-state index contributed by atoms with van der Waals surface area (Å²) in [6.45, 7) is 4.22. The van der Waals surface area contributed by atoms with Crippen molar-refractivity contribution < 1.29 is 0 Å². The highest BCUT2D eigenvalue weighted by Gasteiger charge is 2.22. The third kappa shape index (κ3) is 3.66. The first-order chi connectivity index (χ1) is 15.7. The normalized spacial score (nSPS) is 16.3. The van der Waals surface area contributed by atoms with Crippen LogP contribution in [0.2, 0.25) is 0 Å². The van der Waals surface area contributed by atoms with E-state index in [1.54, 1.807) is 0 Å². The highest BCUT2D eigenvalue weighted by molar-refractivity contribution is 5.91. The van der Waals surface area contributed by atoms with Gasteiger partial charge in [-0.1, -0.05) is 42.0 Å². The molecule has 0 spiro atoms. The highest BCUT2D eigenvalue weighted by Crippen LogP contribution is 2.39. The summed E-state index contributed by atoms with van der Waals surface area (Å²) in [6, 6.07) is 26.1. The lowest BCUT2D eigenvalue weighted by molar-refractivity contribution is 0.450. The van der Waals surface area contributed by atoms with Gasteiger partial charge < -0.3 is 14.6 Å². The molecule has 4 nitrogen and oxygen atoms in total. The van der Waals surface area contributed by atoms with Gasteiger partial charge in [0.15, 0.2) is 0 Å². The molecule has 0 radical (unpaired) electrons. The number of hydrogen-bond acceptors (Lipinski definition) is 3. The maximum atomic E-state index is 9.23. The zero-order valence-corrected chi connectivity index (χ0v) is 18.7. The Bertz CT molecular complexity index is 1280. The molecular formula is C28H28N4. The Balaban J connectivity index is 1.71. The van der Waals surface area contributed by atoms with Crippen LogP contribution in [0.15, 0.2) is 72.9 Å². The van der Waals surface area contributed by atoms with Crippen LogP contribution in [0.3, 0.4) is 0 Å². The van der Waals surface area contributed by atoms with Gasteiger partial charge in [0.25, 0.3) is 0 Å². The summed E-state index contributed by atoms with van der Waals surface area (Å²) >= 11 is 0. The predicted molar refractivity (Wildman–Crippen MR) is 132 cm³/mol. The van der Waals surface area contributed by atoms with Crippen molar-refractivity contribution >= 4 is 11.2 Å². The van der Waals surface area contributed by atoms with E-state index in [9.17, 15) is 5.26 Å². The fourth-order valence-electron chi connectivity index (χ4n) is 4.83. The number of nitrogens with one attached hydrogen (secondary N) is 1. The summed E-state index contributed by atoms with van der Waals surface area (Å²) in [7, 11) is 2.06. The number of pyridine rings is 1. The second kappa shape index (κ2) is 8.53. The quantitative estimate of drug-likeness (QED) is 0.464. The molecule has 2 aromatic heterocycles. The van der Waals surface area contributed by atoms with E-state index in [4.69, 9.17) is 0 Å². The van der Waals surface area contributed by atoms with E-state index in [1.165, 1.54) is 46.4 Å². The monoisotopic (exact) mass is 420 g/mol. The zero-order valence-electron chi connectivity index (χ0n) is 18.7. The van der Waals surface area contributed by atoms with Crippen LogP contribution in [0.5, 0.6) is 0 Å². The minimum Gasteiger partial charge on any atom is -0.368 e. The van der Waals surface area contributed by atoms with Crippen LogP contribution in [0.25, 0.3) is 27.9 Å². The molecule has 1 aliphatic rings. The first-order valence-corrected chi connectivity index (χ1v) is 11.3. The molecule has 0 aliphatic carbocycles. The zero-order chi connectivity index (χ0) is 22.1. The first kappa shape index (κ1) is 20.4. The van der Waals surface area contributed by atoms with Gasteiger partial charge in [0.2, 0.25) is 0 Å². The Morgan fingerprint density at radius 2 is 1.75 bits per heavy atom. The van der Waals surface area contributed by atoms with Crippen LogP contribution in [-0.4, -0.2) is 30.6 Å². The predicted octanol–water partition coefficient (Wildman–Crippen LogP) is 5.64. The molecule has 4 aromatic rings. The Labute approximate surface area is 189 Å². The topological polar surface area (TPSA) is 43.5 Å². The Hall–Kier alpha value is -3.55. The number of rotatable bonds is 4. The Kier molecular flexibility index (Phi) is 5.43. The van der Waals surface area contributed by atoms with Crippen LogP contribution in [0.4, 0.5) is 5.69 Å². The number of hydrogen-bond donors (Lipinski definition) is 1. The molecule has 0 bridgehead atoms. The second-order valence-electron chi connectivity index (χ2n) is 8.68. The SMILES string of the molecule is CNC1CCCN(c2cccn3c(-c4ccc(C)cc4)c(-c4ccc(C#N)cc4)cc23)C1. The number of likely N-dealkylation sites (N-methyl/N-ethyl adjacent to an activating group) is 1. The minimum absolute atomic E-state index is 0.522. The number of nitrogens with zero attached hydrogens (tertiary/aromatic N) is 3. The van der Waals surface area contributed by atoms with Crippen molar-refractivity contribution in [1.82, 2.24) is 9.72 Å². The average Bonchev–Trinajstić information content (AvgIpc) is 3.24. The third-order valence-electron chi connectivity index (χ3n) is 6.61. The molecule has 0 amide bonds. The molecule has 32 heavy (non-hydrogen) atoms. The van der Waals surface area contributed by atoms with Gasteiger partial charge in [-0.2, -0.15) is 5.26 Å². The first-order valence-electron chi connectivity index (χ1n) is 11.3. The third-order valence-corrected chi connectivity index (χ3v) is 6.61. The molecule has 1 saturated heterocycles. The molecule has 1 atom stereocenters. The number of piperidine rings is 1. The molecule has 1 fully saturated rings. The standard InChI is InChI=1S/C28H28N4/c1-20-7-11-23(12-8-20)28-25(22-13-9-21(18-29)10-14-22)17-27-26(6-4-16-32(27)28)31-15-3-5-24(19-31)30-2/h4,6-14,16-17,24,30H,3,5,15,19H2,1-2H3. The number of aryl methyl sites for hydroxylation is 1. The van der Waals surface area contributed by atoms with E-state index < -0.39 is 0 Å². The molecule has 1 N–H and O–H groups in total. The Morgan fingerprint density at radius 1 is 1.00 bits per heavy atom. The lowest BCUT2D eigenvalue weighted by Gasteiger charge is -2.34. The lowest BCUT2D eigenvalue weighted by atomic mass is 10.00. The van der Waals surface area contributed by atoms with Gasteiger partial charge in [-0.3, -0.25) is 0 Å². The fraction of sp³-hybridized carbons (Fsp3) is 0.250. The summed E-state index contributed by atoms with van der Waals surface area (Å²) in [6.07, 6.45) is 4.59. The summed E-state index contributed by atoms with van der Waals surface area (Å²) in [5, 5.41) is 12.7. The fourth-order valence-corrected chi connectivity index (χ4v) is 4.83. The van der Waals surface area contributed by atoms with Gasteiger partial charge in [0, 0.05) is 30.9 Å². The molecule has 3 heterocycles. The van der Waals surface area contributed by atoms with Crippen LogP contribution in [0.1, 0.15) is 24.0 Å². The van der Waals surface area contributed by atoms with Gasteiger partial charge in [0.1, 0.15) is 0 Å². The molecule has 0 saturated carbocycles. The molecule has 160 valence electrons. The molecule has 1 unspecified atom stereocenters. The number of anilines is 1. The van der Waals surface area contributed by atoms with E-state index in [0.717, 1.165) is 18.7 Å². The molecule has 1 aliphatic heterocycles. The van der Waals surface area contributed by atoms with Gasteiger partial charge in [-0.25, -0.2) is 0 Å². The van der Waals surface area contributed by atoms with Crippen molar-refractivity contribution in [2.45, 2.75) is 25.8 Å². The van der Waals surface area contributed by atoms with E-state index in [-0.39, 0.29) is 0 Å². The van der Waals surface area contributed by atoms with E-state index in [2.05, 4.69) is 95.5 Å². The van der Waals surface area contributed by atoms with E-state index in [0.29, 0.717) is 11.6 Å². The summed E-state index contributed by atoms with van der Waals surface area (Å²) in [5.41, 5.74) is 9.13. The molecular weight excluding hydrogens is 392 g/mol. The molecule has 2 aromatic carbocycles. The largest absolute Gasteiger partial charge is 0.368 e. The average molecular weight is 421 g/mol. The van der Waals surface area contributed by atoms with Crippen molar-refractivity contribution in [3.63, 3.8) is 0 Å². The summed E-state index contributed by atoms with van der Waals surface area (Å²) < 4.78 is 2.33. The summed E-state index contributed by atoms with van der Waals surface area (Å²) in [4.78, 5) is 2.52. The molecule has 4 heteroatoms. The van der Waals surface area contributed by atoms with Crippen LogP contribution in [0, 0.1) is 18.3 Å². The van der Waals surface area contributed by atoms with Crippen LogP contribution in [-0.2, 0) is 0 Å². The van der Waals surface area contributed by atoms with Crippen molar-refractivity contribution in [1.29, 1.82) is 5.26 Å². The van der Waals surface area contributed by atoms with E-state index >= 15 is 0 Å². The number of aromatic nitrogens is 1. The second-order valence-corrected chi connectivity index (χ2v) is 8.68. The minimum atomic E-state index is 0.522. The maximum Gasteiger partial charge on any atom is 0.0991 e. The Morgan fingerprint density at radius 3 is 2.47 bits per heavy atom. The smallest absolute Gasteiger partial charge is 0.0991 e. The number of nitriles is 1. The van der Waals surface area contributed by atoms with Gasteiger partial charge in [0.05, 0.1) is 28.5 Å².